The van der Waals surface area contributed by atoms with Crippen molar-refractivity contribution in [3.05, 3.63) is 89.7 Å². The van der Waals surface area contributed by atoms with Gasteiger partial charge >= 0.3 is 0 Å². The van der Waals surface area contributed by atoms with Crippen LogP contribution in [0.5, 0.6) is 0 Å². The quantitative estimate of drug-likeness (QED) is 0.464. The summed E-state index contributed by atoms with van der Waals surface area (Å²) in [6.07, 6.45) is 9.63. The van der Waals surface area contributed by atoms with E-state index in [0.29, 0.717) is 11.1 Å². The molecule has 0 atom stereocenters. The number of hydrogen-bond donors (Lipinski definition) is 1. The van der Waals surface area contributed by atoms with E-state index in [4.69, 9.17) is 5.73 Å². The molecule has 0 spiro atoms. The van der Waals surface area contributed by atoms with Crippen molar-refractivity contribution < 1.29 is 9.59 Å². The molecule has 6 nitrogen and oxygen atoms in total. The van der Waals surface area contributed by atoms with Gasteiger partial charge in [0.15, 0.2) is 0 Å². The maximum absolute atomic E-state index is 13.1. The molecule has 0 radical (unpaired) electrons. The summed E-state index contributed by atoms with van der Waals surface area (Å²) in [5, 5.41) is 0. The molecule has 34 heavy (non-hydrogen) atoms. The van der Waals surface area contributed by atoms with Crippen molar-refractivity contribution in [3.8, 4) is 5.69 Å². The van der Waals surface area contributed by atoms with Crippen LogP contribution in [-0.2, 0) is 6.42 Å². The number of benzene rings is 2. The van der Waals surface area contributed by atoms with Crippen molar-refractivity contribution in [2.24, 2.45) is 5.73 Å². The van der Waals surface area contributed by atoms with E-state index in [0.717, 1.165) is 38.4 Å². The number of unbranched alkanes of at least 4 members (excludes halogenated alkanes) is 3. The van der Waals surface area contributed by atoms with Crippen LogP contribution in [0.2, 0.25) is 0 Å². The second-order valence-electron chi connectivity index (χ2n) is 9.01. The van der Waals surface area contributed by atoms with E-state index in [2.05, 4.69) is 35.2 Å². The number of amides is 2. The third-order valence-corrected chi connectivity index (χ3v) is 6.56. The van der Waals surface area contributed by atoms with Crippen molar-refractivity contribution in [2.45, 2.75) is 32.1 Å². The number of carbonyl (C=O) groups excluding carboxylic acids is 2. The molecule has 1 aliphatic heterocycles. The number of nitrogens with zero attached hydrogens (tertiary/aromatic N) is 3. The molecule has 2 amide bonds. The number of aromatic nitrogens is 1. The summed E-state index contributed by atoms with van der Waals surface area (Å²) in [6.45, 7) is 4.47. The summed E-state index contributed by atoms with van der Waals surface area (Å²) in [5.74, 6) is -0.402. The molecule has 0 unspecified atom stereocenters. The minimum Gasteiger partial charge on any atom is -0.366 e. The van der Waals surface area contributed by atoms with E-state index in [1.165, 1.54) is 37.7 Å². The van der Waals surface area contributed by atoms with Gasteiger partial charge in [0.2, 0.25) is 5.91 Å². The highest BCUT2D eigenvalue weighted by Gasteiger charge is 2.22. The Kier molecular flexibility index (Phi) is 8.15. The molecule has 2 heterocycles. The van der Waals surface area contributed by atoms with Crippen molar-refractivity contribution in [3.63, 3.8) is 0 Å². The molecular weight excluding hydrogens is 424 g/mol. The van der Waals surface area contributed by atoms with E-state index in [1.807, 2.05) is 33.7 Å². The number of hydrogen-bond acceptors (Lipinski definition) is 3. The largest absolute Gasteiger partial charge is 0.366 e. The summed E-state index contributed by atoms with van der Waals surface area (Å²) < 4.78 is 1.81. The summed E-state index contributed by atoms with van der Waals surface area (Å²) >= 11 is 0. The lowest BCUT2D eigenvalue weighted by atomic mass is 10.1. The normalized spacial score (nSPS) is 14.3. The molecule has 178 valence electrons. The maximum Gasteiger partial charge on any atom is 0.254 e. The van der Waals surface area contributed by atoms with Gasteiger partial charge in [0.05, 0.1) is 5.56 Å². The highest BCUT2D eigenvalue weighted by Crippen LogP contribution is 2.16. The molecule has 2 aromatic carbocycles. The Hall–Kier alpha value is -3.38. The van der Waals surface area contributed by atoms with Crippen LogP contribution in [0.1, 0.15) is 52.0 Å². The van der Waals surface area contributed by atoms with E-state index >= 15 is 0 Å². The smallest absolute Gasteiger partial charge is 0.254 e. The number of piperazine rings is 1. The van der Waals surface area contributed by atoms with Gasteiger partial charge in [-0.15, -0.1) is 0 Å². The van der Waals surface area contributed by atoms with Crippen molar-refractivity contribution >= 4 is 11.8 Å². The predicted molar refractivity (Wildman–Crippen MR) is 135 cm³/mol. The van der Waals surface area contributed by atoms with Gasteiger partial charge in [-0.1, -0.05) is 49.2 Å². The Bertz CT molecular complexity index is 1080. The van der Waals surface area contributed by atoms with Crippen molar-refractivity contribution in [2.75, 3.05) is 32.7 Å². The molecule has 0 bridgehead atoms. The van der Waals surface area contributed by atoms with Crippen LogP contribution in [0.25, 0.3) is 5.69 Å². The van der Waals surface area contributed by atoms with Gasteiger partial charge in [0, 0.05) is 49.8 Å². The van der Waals surface area contributed by atoms with Gasteiger partial charge in [0.1, 0.15) is 0 Å². The Labute approximate surface area is 202 Å². The monoisotopic (exact) mass is 458 g/mol. The molecule has 4 rings (SSSR count). The highest BCUT2D eigenvalue weighted by molar-refractivity contribution is 5.95. The summed E-state index contributed by atoms with van der Waals surface area (Å²) in [5.41, 5.74) is 8.73. The van der Waals surface area contributed by atoms with Gasteiger partial charge in [0.25, 0.3) is 5.91 Å². The Morgan fingerprint density at radius 1 is 0.794 bits per heavy atom. The lowest BCUT2D eigenvalue weighted by Crippen LogP contribution is -2.48. The lowest BCUT2D eigenvalue weighted by molar-refractivity contribution is 0.0635. The van der Waals surface area contributed by atoms with Gasteiger partial charge < -0.3 is 15.2 Å². The summed E-state index contributed by atoms with van der Waals surface area (Å²) in [7, 11) is 0. The van der Waals surface area contributed by atoms with Crippen LogP contribution in [0.4, 0.5) is 0 Å². The first-order chi connectivity index (χ1) is 16.6. The molecule has 0 aliphatic carbocycles. The molecule has 3 aromatic rings. The standard InChI is InChI=1S/C28H34N4O2/c29-27(33)25-14-16-32(22-25)26-13-8-12-24(21-26)28(34)31-19-17-30(18-20-31)15-7-2-1-4-9-23-10-5-3-6-11-23/h3,5-6,8,10-14,16,21-22H,1-2,4,7,9,15,17-20H2,(H2,29,33). The number of carbonyl (C=O) groups is 2. The fourth-order valence-electron chi connectivity index (χ4n) is 4.52. The molecule has 1 fully saturated rings. The molecule has 1 saturated heterocycles. The zero-order valence-electron chi connectivity index (χ0n) is 19.7. The number of aryl methyl sites for hydroxylation is 1. The minimum absolute atomic E-state index is 0.0599. The van der Waals surface area contributed by atoms with Gasteiger partial charge in [-0.2, -0.15) is 0 Å². The Balaban J connectivity index is 1.19. The van der Waals surface area contributed by atoms with Gasteiger partial charge in [-0.25, -0.2) is 0 Å². The third-order valence-electron chi connectivity index (χ3n) is 6.56. The number of nitrogens with two attached hydrogens (primary N) is 1. The zero-order valence-corrected chi connectivity index (χ0v) is 19.7. The highest BCUT2D eigenvalue weighted by atomic mass is 16.2. The lowest BCUT2D eigenvalue weighted by Gasteiger charge is -2.34. The minimum atomic E-state index is -0.462. The predicted octanol–water partition coefficient (Wildman–Crippen LogP) is 4.14. The first-order valence-electron chi connectivity index (χ1n) is 12.2. The van der Waals surface area contributed by atoms with Crippen LogP contribution in [0, 0.1) is 0 Å². The third kappa shape index (κ3) is 6.35. The molecular formula is C28H34N4O2. The van der Waals surface area contributed by atoms with Crippen LogP contribution >= 0.6 is 0 Å². The second kappa shape index (κ2) is 11.7. The first kappa shape index (κ1) is 23.8. The van der Waals surface area contributed by atoms with E-state index in [9.17, 15) is 9.59 Å². The number of rotatable bonds is 10. The molecule has 1 aliphatic rings. The Morgan fingerprint density at radius 2 is 1.56 bits per heavy atom. The second-order valence-corrected chi connectivity index (χ2v) is 9.01. The Morgan fingerprint density at radius 3 is 2.29 bits per heavy atom. The van der Waals surface area contributed by atoms with Crippen molar-refractivity contribution in [1.82, 2.24) is 14.4 Å². The van der Waals surface area contributed by atoms with E-state index in [1.54, 1.807) is 18.5 Å². The average molecular weight is 459 g/mol. The molecule has 6 heteroatoms. The van der Waals surface area contributed by atoms with Gasteiger partial charge in [-0.3, -0.25) is 14.5 Å². The van der Waals surface area contributed by atoms with Crippen LogP contribution in [-0.4, -0.2) is 58.9 Å². The number of primary amides is 1. The summed E-state index contributed by atoms with van der Waals surface area (Å²) in [4.78, 5) is 28.9. The maximum atomic E-state index is 13.1. The SMILES string of the molecule is NC(=O)c1ccn(-c2cccc(C(=O)N3CCN(CCCCCCc4ccccc4)CC3)c2)c1. The van der Waals surface area contributed by atoms with Crippen LogP contribution in [0.15, 0.2) is 73.1 Å². The van der Waals surface area contributed by atoms with Crippen LogP contribution in [0.3, 0.4) is 0 Å². The average Bonchev–Trinajstić information content (AvgIpc) is 3.38. The molecule has 2 N–H and O–H groups in total. The van der Waals surface area contributed by atoms with Gasteiger partial charge in [-0.05, 0) is 55.6 Å². The summed E-state index contributed by atoms with van der Waals surface area (Å²) in [6, 6.07) is 19.9. The fraction of sp³-hybridized carbons (Fsp3) is 0.357. The molecule has 1 aromatic heterocycles. The van der Waals surface area contributed by atoms with Crippen molar-refractivity contribution in [1.29, 1.82) is 0 Å². The topological polar surface area (TPSA) is 71.6 Å². The van der Waals surface area contributed by atoms with Crippen LogP contribution < -0.4 is 5.73 Å². The first-order valence-corrected chi connectivity index (χ1v) is 12.2. The fourth-order valence-corrected chi connectivity index (χ4v) is 4.52. The van der Waals surface area contributed by atoms with E-state index in [-0.39, 0.29) is 5.91 Å². The molecule has 0 saturated carbocycles. The van der Waals surface area contributed by atoms with E-state index < -0.39 is 5.91 Å². The zero-order chi connectivity index (χ0) is 23.8.